The molecule has 1 saturated carbocycles. The molecule has 50 heavy (non-hydrogen) atoms. The molecule has 0 spiro atoms. The molecule has 5 rings (SSSR count). The number of aromatic nitrogens is 1. The number of alkyl halides is 3. The van der Waals surface area contributed by atoms with Crippen molar-refractivity contribution in [2.75, 3.05) is 18.1 Å². The molecule has 14 heteroatoms. The van der Waals surface area contributed by atoms with Crippen LogP contribution < -0.4 is 20.1 Å². The minimum atomic E-state index is -5.32. The summed E-state index contributed by atoms with van der Waals surface area (Å²) < 4.78 is 75.8. The van der Waals surface area contributed by atoms with E-state index in [1.54, 1.807) is 20.8 Å². The average Bonchev–Trinajstić information content (AvgIpc) is 3.79. The number of carbonyl (C=O) groups is 2. The number of aliphatic hydroxyl groups is 2. The van der Waals surface area contributed by atoms with Crippen LogP contribution in [0.4, 0.5) is 28.0 Å². The Hall–Kier alpha value is -4.27. The number of anilines is 1. The van der Waals surface area contributed by atoms with E-state index in [1.807, 2.05) is 0 Å². The maximum atomic E-state index is 15.0. The fraction of sp³-hybridized carbons (Fsp3) is 0.472. The lowest BCUT2D eigenvalue weighted by atomic mass is 9.86. The van der Waals surface area contributed by atoms with Crippen LogP contribution in [0.15, 0.2) is 48.5 Å². The molecule has 1 aliphatic heterocycles. The van der Waals surface area contributed by atoms with E-state index in [0.29, 0.717) is 0 Å². The molecule has 3 aromatic rings. The van der Waals surface area contributed by atoms with Crippen LogP contribution in [0, 0.1) is 5.82 Å². The molecule has 1 fully saturated rings. The molecular weight excluding hydrogens is 662 g/mol. The van der Waals surface area contributed by atoms with Crippen molar-refractivity contribution in [2.45, 2.75) is 95.4 Å². The van der Waals surface area contributed by atoms with Crippen LogP contribution in [0.2, 0.25) is 0 Å². The number of hydrogen-bond donors (Lipinski definition) is 3. The molecule has 1 amide bonds. The molecule has 0 bridgehead atoms. The number of hydrogen-bond acceptors (Lipinski definition) is 9. The summed E-state index contributed by atoms with van der Waals surface area (Å²) >= 11 is 0. The van der Waals surface area contributed by atoms with Crippen LogP contribution in [0.25, 0.3) is 11.3 Å². The molecule has 1 aromatic heterocycles. The zero-order chi connectivity index (χ0) is 36.8. The quantitative estimate of drug-likeness (QED) is 0.150. The molecular formula is C36H41F4N3O7. The SMILES string of the molecule is C[C@@H](O)COc1ccc(C(=O)CC[C@@](O)(c2cc3c(c(-c4ccc(F)cc4)n2)N(C(=O)OC(C)(C)C)C[C@@]3(C)N)C(F)(F)F)cc1OC1CC1. The second-order valence-electron chi connectivity index (χ2n) is 14.2. The summed E-state index contributed by atoms with van der Waals surface area (Å²) in [7, 11) is 0. The maximum Gasteiger partial charge on any atom is 0.422 e. The molecule has 10 nitrogen and oxygen atoms in total. The van der Waals surface area contributed by atoms with Gasteiger partial charge in [0.15, 0.2) is 17.3 Å². The lowest BCUT2D eigenvalue weighted by Gasteiger charge is -2.32. The number of pyridine rings is 1. The summed E-state index contributed by atoms with van der Waals surface area (Å²) in [6.45, 7) is 7.76. The Morgan fingerprint density at radius 3 is 2.32 bits per heavy atom. The number of fused-ring (bicyclic) bond motifs is 1. The van der Waals surface area contributed by atoms with Crippen LogP contribution in [-0.4, -0.2) is 64.2 Å². The normalized spacial score (nSPS) is 19.4. The van der Waals surface area contributed by atoms with Crippen molar-refractivity contribution in [3.63, 3.8) is 0 Å². The molecule has 270 valence electrons. The van der Waals surface area contributed by atoms with Crippen LogP contribution >= 0.6 is 0 Å². The van der Waals surface area contributed by atoms with Gasteiger partial charge in [-0.3, -0.25) is 9.69 Å². The Morgan fingerprint density at radius 2 is 1.74 bits per heavy atom. The first-order valence-electron chi connectivity index (χ1n) is 16.2. The average molecular weight is 704 g/mol. The van der Waals surface area contributed by atoms with E-state index in [1.165, 1.54) is 49.1 Å². The highest BCUT2D eigenvalue weighted by Gasteiger charge is 2.57. The third-order valence-electron chi connectivity index (χ3n) is 8.27. The topological polar surface area (TPSA) is 144 Å². The second kappa shape index (κ2) is 13.5. The molecule has 0 radical (unpaired) electrons. The van der Waals surface area contributed by atoms with Crippen molar-refractivity contribution in [3.8, 4) is 22.8 Å². The van der Waals surface area contributed by atoms with Gasteiger partial charge in [-0.05, 0) is 102 Å². The first-order valence-corrected chi connectivity index (χ1v) is 16.2. The fourth-order valence-corrected chi connectivity index (χ4v) is 5.56. The van der Waals surface area contributed by atoms with Gasteiger partial charge >= 0.3 is 12.3 Å². The third kappa shape index (κ3) is 8.03. The van der Waals surface area contributed by atoms with E-state index in [-0.39, 0.29) is 58.8 Å². The van der Waals surface area contributed by atoms with Crippen LogP contribution in [0.5, 0.6) is 11.5 Å². The molecule has 2 aromatic carbocycles. The number of amides is 1. The molecule has 1 aliphatic carbocycles. The van der Waals surface area contributed by atoms with Crippen LogP contribution in [-0.2, 0) is 15.9 Å². The van der Waals surface area contributed by atoms with Crippen molar-refractivity contribution < 1.29 is 51.6 Å². The number of ether oxygens (including phenoxy) is 3. The van der Waals surface area contributed by atoms with Gasteiger partial charge in [0.1, 0.15) is 18.0 Å². The predicted octanol–water partition coefficient (Wildman–Crippen LogP) is 6.53. The Balaban J connectivity index is 1.54. The molecule has 2 aliphatic rings. The highest BCUT2D eigenvalue weighted by molar-refractivity contribution is 5.98. The minimum Gasteiger partial charge on any atom is -0.487 e. The number of ketones is 1. The van der Waals surface area contributed by atoms with Gasteiger partial charge in [-0.2, -0.15) is 13.2 Å². The number of benzene rings is 2. The van der Waals surface area contributed by atoms with Gasteiger partial charge in [0.2, 0.25) is 5.60 Å². The summed E-state index contributed by atoms with van der Waals surface area (Å²) in [6.07, 6.45) is -7.29. The first-order chi connectivity index (χ1) is 23.2. The van der Waals surface area contributed by atoms with Crippen LogP contribution in [0.1, 0.15) is 81.9 Å². The van der Waals surface area contributed by atoms with E-state index in [9.17, 15) is 37.4 Å². The van der Waals surface area contributed by atoms with Crippen molar-refractivity contribution in [1.29, 1.82) is 0 Å². The largest absolute Gasteiger partial charge is 0.487 e. The summed E-state index contributed by atoms with van der Waals surface area (Å²) in [6, 6.07) is 9.93. The van der Waals surface area contributed by atoms with Crippen molar-refractivity contribution >= 4 is 17.6 Å². The summed E-state index contributed by atoms with van der Waals surface area (Å²) in [4.78, 5) is 32.1. The van der Waals surface area contributed by atoms with Gasteiger partial charge < -0.3 is 30.2 Å². The predicted molar refractivity (Wildman–Crippen MR) is 176 cm³/mol. The Labute approximate surface area is 287 Å². The summed E-state index contributed by atoms with van der Waals surface area (Å²) in [5.74, 6) is -0.851. The summed E-state index contributed by atoms with van der Waals surface area (Å²) in [5.41, 5.74) is -0.110. The van der Waals surface area contributed by atoms with Gasteiger partial charge in [0, 0.05) is 23.1 Å². The fourth-order valence-electron chi connectivity index (χ4n) is 5.56. The van der Waals surface area contributed by atoms with E-state index in [0.717, 1.165) is 31.0 Å². The van der Waals surface area contributed by atoms with Crippen molar-refractivity contribution in [1.82, 2.24) is 4.98 Å². The van der Waals surface area contributed by atoms with Gasteiger partial charge in [0.05, 0.1) is 41.4 Å². The first kappa shape index (κ1) is 37.0. The molecule has 3 atom stereocenters. The highest BCUT2D eigenvalue weighted by atomic mass is 19.4. The molecule has 0 unspecified atom stereocenters. The number of aliphatic hydroxyl groups excluding tert-OH is 1. The van der Waals surface area contributed by atoms with Gasteiger partial charge in [0.25, 0.3) is 0 Å². The smallest absolute Gasteiger partial charge is 0.422 e. The second-order valence-corrected chi connectivity index (χ2v) is 14.2. The Morgan fingerprint density at radius 1 is 1.08 bits per heavy atom. The number of nitrogens with two attached hydrogens (primary N) is 1. The lowest BCUT2D eigenvalue weighted by Crippen LogP contribution is -2.44. The highest BCUT2D eigenvalue weighted by Crippen LogP contribution is 2.49. The summed E-state index contributed by atoms with van der Waals surface area (Å²) in [5, 5.41) is 21.1. The van der Waals surface area contributed by atoms with Gasteiger partial charge in [-0.15, -0.1) is 0 Å². The van der Waals surface area contributed by atoms with Gasteiger partial charge in [-0.25, -0.2) is 14.2 Å². The molecule has 0 saturated heterocycles. The lowest BCUT2D eigenvalue weighted by molar-refractivity contribution is -0.270. The van der Waals surface area contributed by atoms with E-state index < -0.39 is 65.3 Å². The number of halogens is 4. The van der Waals surface area contributed by atoms with Crippen molar-refractivity contribution in [3.05, 3.63) is 71.2 Å². The number of carbonyl (C=O) groups excluding carboxylic acids is 2. The van der Waals surface area contributed by atoms with Crippen LogP contribution in [0.3, 0.4) is 0 Å². The van der Waals surface area contributed by atoms with Crippen molar-refractivity contribution in [2.24, 2.45) is 5.73 Å². The third-order valence-corrected chi connectivity index (χ3v) is 8.27. The van der Waals surface area contributed by atoms with E-state index >= 15 is 0 Å². The maximum absolute atomic E-state index is 15.0. The number of Topliss-reactive ketones (excluding diaryl/α,β-unsaturated/α-hetero) is 1. The number of rotatable bonds is 11. The van der Waals surface area contributed by atoms with E-state index in [4.69, 9.17) is 19.9 Å². The monoisotopic (exact) mass is 703 g/mol. The standard InChI is InChI=1S/C36H41F4N3O7/c1-20(44)18-48-27-13-8-22(16-28(27)49-24-11-12-24)26(45)14-15-35(47,36(38,39)40)29-17-25-31(30(42-29)21-6-9-23(37)10-7-21)43(19-34(25,5)41)32(46)50-33(2,3)4/h6-10,13,16-17,20,24,44,47H,11-12,14-15,18-19,41H2,1-5H3/t20-,34-,35-/m1/s1. The zero-order valence-electron chi connectivity index (χ0n) is 28.4. The van der Waals surface area contributed by atoms with E-state index in [2.05, 4.69) is 4.98 Å². The Kier molecular flexibility index (Phi) is 9.96. The minimum absolute atomic E-state index is 0.0334. The zero-order valence-corrected chi connectivity index (χ0v) is 28.4. The molecule has 2 heterocycles. The molecule has 4 N–H and O–H groups in total. The van der Waals surface area contributed by atoms with Gasteiger partial charge in [-0.1, -0.05) is 0 Å². The Bertz CT molecular complexity index is 1750. The number of nitrogens with zero attached hydrogens (tertiary/aromatic N) is 2.